The molecule has 0 spiro atoms. The van der Waals surface area contributed by atoms with Gasteiger partial charge in [-0.3, -0.25) is 4.79 Å². The monoisotopic (exact) mass is 459 g/mol. The van der Waals surface area contributed by atoms with Crippen molar-refractivity contribution in [3.63, 3.8) is 0 Å². The Balaban J connectivity index is 1.75. The lowest BCUT2D eigenvalue weighted by Crippen LogP contribution is -2.51. The van der Waals surface area contributed by atoms with Crippen molar-refractivity contribution in [2.75, 3.05) is 26.2 Å². The van der Waals surface area contributed by atoms with Crippen LogP contribution in [0.2, 0.25) is 0 Å². The summed E-state index contributed by atoms with van der Waals surface area (Å²) in [7, 11) is 0. The molecule has 3 rings (SSSR count). The summed E-state index contributed by atoms with van der Waals surface area (Å²) in [4.78, 5) is 27.9. The summed E-state index contributed by atoms with van der Waals surface area (Å²) >= 11 is 0. The van der Waals surface area contributed by atoms with Crippen LogP contribution in [0.3, 0.4) is 0 Å². The SMILES string of the molecule is CC(C)(C)OC(=O)N1CCN(C(=O)/C=C/c2cc[c]c(C(F)(F)F)c2-c2ccccc2)CC1. The number of carbonyl (C=O) groups excluding carboxylic acids is 2. The summed E-state index contributed by atoms with van der Waals surface area (Å²) in [5, 5.41) is 0. The Labute approximate surface area is 191 Å². The molecule has 0 N–H and O–H groups in total. The van der Waals surface area contributed by atoms with E-state index in [2.05, 4.69) is 6.07 Å². The van der Waals surface area contributed by atoms with E-state index in [0.29, 0.717) is 31.7 Å². The number of carbonyl (C=O) groups is 2. The molecule has 1 saturated heterocycles. The molecule has 5 nitrogen and oxygen atoms in total. The first-order chi connectivity index (χ1) is 15.5. The Morgan fingerprint density at radius 3 is 2.15 bits per heavy atom. The zero-order valence-corrected chi connectivity index (χ0v) is 18.8. The van der Waals surface area contributed by atoms with E-state index in [0.717, 1.165) is 0 Å². The Hall–Kier alpha value is -3.29. The summed E-state index contributed by atoms with van der Waals surface area (Å²) in [5.74, 6) is -0.334. The molecule has 0 unspecified atom stereocenters. The fourth-order valence-electron chi connectivity index (χ4n) is 3.50. The molecule has 0 saturated carbocycles. The summed E-state index contributed by atoms with van der Waals surface area (Å²) in [6, 6.07) is 13.2. The van der Waals surface area contributed by atoms with Gasteiger partial charge in [-0.2, -0.15) is 13.2 Å². The Morgan fingerprint density at radius 2 is 1.58 bits per heavy atom. The average Bonchev–Trinajstić information content (AvgIpc) is 2.76. The molecule has 2 aromatic rings. The molecule has 1 heterocycles. The van der Waals surface area contributed by atoms with Gasteiger partial charge in [0.2, 0.25) is 5.91 Å². The molecule has 175 valence electrons. The van der Waals surface area contributed by atoms with Crippen LogP contribution in [0.15, 0.2) is 48.5 Å². The maximum Gasteiger partial charge on any atom is 0.417 e. The molecule has 2 aromatic carbocycles. The zero-order chi connectivity index (χ0) is 24.2. The van der Waals surface area contributed by atoms with Crippen molar-refractivity contribution in [2.24, 2.45) is 0 Å². The third-order valence-corrected chi connectivity index (χ3v) is 5.02. The van der Waals surface area contributed by atoms with E-state index < -0.39 is 23.4 Å². The third kappa shape index (κ3) is 6.37. The summed E-state index contributed by atoms with van der Waals surface area (Å²) in [6.07, 6.45) is -2.35. The molecule has 8 heteroatoms. The molecule has 0 aliphatic carbocycles. The molecule has 33 heavy (non-hydrogen) atoms. The molecule has 1 fully saturated rings. The van der Waals surface area contributed by atoms with Crippen molar-refractivity contribution in [3.05, 3.63) is 65.7 Å². The van der Waals surface area contributed by atoms with Gasteiger partial charge in [-0.1, -0.05) is 42.5 Å². The van der Waals surface area contributed by atoms with Gasteiger partial charge in [0, 0.05) is 37.8 Å². The van der Waals surface area contributed by atoms with Gasteiger partial charge < -0.3 is 14.5 Å². The van der Waals surface area contributed by atoms with Gasteiger partial charge >= 0.3 is 12.3 Å². The van der Waals surface area contributed by atoms with E-state index in [1.165, 1.54) is 29.2 Å². The molecule has 0 aromatic heterocycles. The maximum atomic E-state index is 13.6. The van der Waals surface area contributed by atoms with E-state index in [4.69, 9.17) is 4.74 Å². The standard InChI is InChI=1S/C25H26F3N2O3/c1-24(2,3)33-23(32)30-16-14-29(15-17-30)21(31)13-12-19-10-7-11-20(25(26,27)28)22(19)18-8-5-4-6-9-18/h4-10,12-13H,14-17H2,1-3H3/b13-12+. The smallest absolute Gasteiger partial charge is 0.417 e. The normalized spacial score (nSPS) is 15.1. The largest absolute Gasteiger partial charge is 0.444 e. The highest BCUT2D eigenvalue weighted by Gasteiger charge is 2.34. The third-order valence-electron chi connectivity index (χ3n) is 5.02. The molecule has 1 aliphatic rings. The van der Waals surface area contributed by atoms with Crippen LogP contribution in [0.5, 0.6) is 0 Å². The number of hydrogen-bond acceptors (Lipinski definition) is 3. The minimum Gasteiger partial charge on any atom is -0.444 e. The number of amides is 2. The van der Waals surface area contributed by atoms with Gasteiger partial charge in [-0.15, -0.1) is 0 Å². The van der Waals surface area contributed by atoms with E-state index in [1.54, 1.807) is 56.0 Å². The number of hydrogen-bond donors (Lipinski definition) is 0. The second-order valence-corrected chi connectivity index (χ2v) is 8.67. The molecule has 2 amide bonds. The summed E-state index contributed by atoms with van der Waals surface area (Å²) in [6.45, 7) is 6.61. The Bertz CT molecular complexity index is 1020. The summed E-state index contributed by atoms with van der Waals surface area (Å²) < 4.78 is 46.3. The number of halogens is 3. The van der Waals surface area contributed by atoms with Crippen LogP contribution >= 0.6 is 0 Å². The predicted molar refractivity (Wildman–Crippen MR) is 119 cm³/mol. The van der Waals surface area contributed by atoms with Crippen molar-refractivity contribution in [1.29, 1.82) is 0 Å². The lowest BCUT2D eigenvalue weighted by molar-refractivity contribution is -0.137. The fourth-order valence-corrected chi connectivity index (χ4v) is 3.50. The zero-order valence-electron chi connectivity index (χ0n) is 18.8. The van der Waals surface area contributed by atoms with E-state index in [9.17, 15) is 22.8 Å². The van der Waals surface area contributed by atoms with E-state index >= 15 is 0 Å². The van der Waals surface area contributed by atoms with E-state index in [-0.39, 0.29) is 17.0 Å². The van der Waals surface area contributed by atoms with Crippen molar-refractivity contribution >= 4 is 18.1 Å². The van der Waals surface area contributed by atoms with Gasteiger partial charge in [-0.05, 0) is 44.0 Å². The number of benzene rings is 2. The van der Waals surface area contributed by atoms with E-state index in [1.807, 2.05) is 0 Å². The molecule has 1 radical (unpaired) electrons. The van der Waals surface area contributed by atoms with Crippen LogP contribution in [0.4, 0.5) is 18.0 Å². The van der Waals surface area contributed by atoms with Crippen molar-refractivity contribution < 1.29 is 27.5 Å². The van der Waals surface area contributed by atoms with Crippen LogP contribution in [-0.4, -0.2) is 53.6 Å². The number of piperazine rings is 1. The highest BCUT2D eigenvalue weighted by Crippen LogP contribution is 2.39. The first-order valence-electron chi connectivity index (χ1n) is 10.6. The lowest BCUT2D eigenvalue weighted by Gasteiger charge is -2.35. The first kappa shape index (κ1) is 24.4. The molecule has 0 atom stereocenters. The van der Waals surface area contributed by atoms with Crippen LogP contribution in [0.1, 0.15) is 31.9 Å². The first-order valence-corrected chi connectivity index (χ1v) is 10.6. The summed E-state index contributed by atoms with van der Waals surface area (Å²) in [5.41, 5.74) is -0.850. The van der Waals surface area contributed by atoms with Gasteiger partial charge in [0.15, 0.2) is 0 Å². The fraction of sp³-hybridized carbons (Fsp3) is 0.360. The predicted octanol–water partition coefficient (Wildman–Crippen LogP) is 5.27. The van der Waals surface area contributed by atoms with Crippen LogP contribution in [-0.2, 0) is 15.7 Å². The minimum absolute atomic E-state index is 0.0237. The van der Waals surface area contributed by atoms with Crippen molar-refractivity contribution in [1.82, 2.24) is 9.80 Å². The van der Waals surface area contributed by atoms with Crippen LogP contribution in [0.25, 0.3) is 17.2 Å². The minimum atomic E-state index is -4.59. The maximum absolute atomic E-state index is 13.6. The molecular formula is C25H26F3N2O3. The number of rotatable bonds is 3. The topological polar surface area (TPSA) is 49.9 Å². The number of alkyl halides is 3. The van der Waals surface area contributed by atoms with Gasteiger partial charge in [-0.25, -0.2) is 4.79 Å². The second-order valence-electron chi connectivity index (χ2n) is 8.67. The van der Waals surface area contributed by atoms with Crippen molar-refractivity contribution in [2.45, 2.75) is 32.5 Å². The van der Waals surface area contributed by atoms with Gasteiger partial charge in [0.05, 0.1) is 5.56 Å². The van der Waals surface area contributed by atoms with Crippen LogP contribution in [0, 0.1) is 6.07 Å². The molecule has 1 aliphatic heterocycles. The Morgan fingerprint density at radius 1 is 0.970 bits per heavy atom. The second kappa shape index (κ2) is 9.68. The van der Waals surface area contributed by atoms with Crippen LogP contribution < -0.4 is 0 Å². The Kier molecular flexibility index (Phi) is 7.15. The highest BCUT2D eigenvalue weighted by molar-refractivity contribution is 5.93. The average molecular weight is 459 g/mol. The number of ether oxygens (including phenoxy) is 1. The van der Waals surface area contributed by atoms with Gasteiger partial charge in [0.25, 0.3) is 0 Å². The van der Waals surface area contributed by atoms with Crippen molar-refractivity contribution in [3.8, 4) is 11.1 Å². The highest BCUT2D eigenvalue weighted by atomic mass is 19.4. The molecular weight excluding hydrogens is 433 g/mol. The lowest BCUT2D eigenvalue weighted by atomic mass is 9.93. The van der Waals surface area contributed by atoms with Gasteiger partial charge in [0.1, 0.15) is 5.60 Å². The molecule has 0 bridgehead atoms. The quantitative estimate of drug-likeness (QED) is 0.588. The number of nitrogens with zero attached hydrogens (tertiary/aromatic N) is 2.